The Balaban J connectivity index is 0.00000145. The monoisotopic (exact) mass is 594 g/mol. The molecule has 232 valence electrons. The van der Waals surface area contributed by atoms with Crippen molar-refractivity contribution in [2.75, 3.05) is 6.26 Å². The van der Waals surface area contributed by atoms with Gasteiger partial charge in [-0.25, -0.2) is 0 Å². The molecule has 0 fully saturated rings. The zero-order valence-electron chi connectivity index (χ0n) is 28.0. The van der Waals surface area contributed by atoms with Gasteiger partial charge in [0.15, 0.2) is 0 Å². The van der Waals surface area contributed by atoms with Crippen LogP contribution in [-0.4, -0.2) is 6.26 Å². The molecule has 0 radical (unpaired) electrons. The summed E-state index contributed by atoms with van der Waals surface area (Å²) in [7, 11) is 0. The van der Waals surface area contributed by atoms with Crippen molar-refractivity contribution in [2.45, 2.75) is 91.9 Å². The maximum absolute atomic E-state index is 3.53. The van der Waals surface area contributed by atoms with Crippen molar-refractivity contribution < 1.29 is 0 Å². The van der Waals surface area contributed by atoms with Gasteiger partial charge < -0.3 is 0 Å². The van der Waals surface area contributed by atoms with Crippen molar-refractivity contribution in [3.8, 4) is 0 Å². The first kappa shape index (κ1) is 38.0. The molecule has 0 aromatic heterocycles. The van der Waals surface area contributed by atoms with Crippen molar-refractivity contribution in [1.82, 2.24) is 0 Å². The van der Waals surface area contributed by atoms with Crippen LogP contribution in [0.15, 0.2) is 115 Å². The van der Waals surface area contributed by atoms with E-state index in [1.807, 2.05) is 13.8 Å². The molecule has 0 saturated heterocycles. The van der Waals surface area contributed by atoms with Crippen molar-refractivity contribution >= 4 is 24.8 Å². The summed E-state index contributed by atoms with van der Waals surface area (Å²) in [5.41, 5.74) is 10.4. The molecule has 2 atom stereocenters. The van der Waals surface area contributed by atoms with E-state index in [0.29, 0.717) is 11.8 Å². The molecule has 0 heterocycles. The standard InChI is InChI=1S/C37H44.C2H6.C2H4.CH4S/c1-4-7-18-32-28-33-26-25-29(17-10-9-11-19-31-21-13-12-20-30(31)16-6-3)27-37(33)36(22-8-5-2)35-24-15-14-23-34(32)35;3*1-2/h6,9-17,20-21,23-27,35-36H,4-5,7-8,18-19,22,28H2,1-3H3;1-2H3;1-2H2;2H,1H3/b11-9+,16-6-,17-10+;;;. The van der Waals surface area contributed by atoms with Crippen LogP contribution in [0, 0.1) is 5.92 Å². The summed E-state index contributed by atoms with van der Waals surface area (Å²) in [5, 5.41) is 0. The van der Waals surface area contributed by atoms with E-state index in [-0.39, 0.29) is 0 Å². The van der Waals surface area contributed by atoms with Gasteiger partial charge in [0.25, 0.3) is 0 Å². The van der Waals surface area contributed by atoms with E-state index in [0.717, 1.165) is 12.8 Å². The Bertz CT molecular complexity index is 1230. The smallest absolute Gasteiger partial charge is 0.00896 e. The number of hydrogen-bond acceptors (Lipinski definition) is 1. The van der Waals surface area contributed by atoms with Crippen molar-refractivity contribution in [3.05, 3.63) is 143 Å². The maximum atomic E-state index is 3.53. The molecule has 0 nitrogen and oxygen atoms in total. The summed E-state index contributed by atoms with van der Waals surface area (Å²) in [6.45, 7) is 16.7. The number of benzene rings is 2. The minimum absolute atomic E-state index is 0.515. The van der Waals surface area contributed by atoms with Crippen LogP contribution in [0.3, 0.4) is 0 Å². The molecular formula is C42H58S. The van der Waals surface area contributed by atoms with Gasteiger partial charge >= 0.3 is 0 Å². The van der Waals surface area contributed by atoms with Gasteiger partial charge in [-0.05, 0) is 84.6 Å². The zero-order valence-corrected chi connectivity index (χ0v) is 28.9. The number of allylic oxidation sites excluding steroid dienone is 10. The van der Waals surface area contributed by atoms with E-state index in [9.17, 15) is 0 Å². The fraction of sp³-hybridized carbons (Fsp3) is 0.381. The number of fused-ring (bicyclic) bond motifs is 2. The highest BCUT2D eigenvalue weighted by molar-refractivity contribution is 7.79. The Morgan fingerprint density at radius 2 is 1.65 bits per heavy atom. The first-order valence-corrected chi connectivity index (χ1v) is 17.3. The van der Waals surface area contributed by atoms with Gasteiger partial charge in [-0.15, -0.1) is 13.2 Å². The maximum Gasteiger partial charge on any atom is 0.00896 e. The Labute approximate surface area is 271 Å². The first-order valence-electron chi connectivity index (χ1n) is 16.4. The lowest BCUT2D eigenvalue weighted by atomic mass is 9.76. The number of rotatable bonds is 11. The fourth-order valence-electron chi connectivity index (χ4n) is 5.90. The predicted octanol–water partition coefficient (Wildman–Crippen LogP) is 13.0. The Morgan fingerprint density at radius 3 is 2.37 bits per heavy atom. The fourth-order valence-corrected chi connectivity index (χ4v) is 5.90. The largest absolute Gasteiger partial charge is 0.183 e. The minimum Gasteiger partial charge on any atom is -0.183 e. The molecule has 0 amide bonds. The van der Waals surface area contributed by atoms with Gasteiger partial charge in [0.2, 0.25) is 0 Å². The predicted molar refractivity (Wildman–Crippen MR) is 201 cm³/mol. The van der Waals surface area contributed by atoms with Crippen LogP contribution in [-0.2, 0) is 12.8 Å². The second kappa shape index (κ2) is 23.4. The highest BCUT2D eigenvalue weighted by atomic mass is 32.1. The molecule has 2 aromatic rings. The molecule has 2 unspecified atom stereocenters. The van der Waals surface area contributed by atoms with Crippen LogP contribution in [0.5, 0.6) is 0 Å². The van der Waals surface area contributed by atoms with E-state index < -0.39 is 0 Å². The van der Waals surface area contributed by atoms with Gasteiger partial charge in [-0.2, -0.15) is 12.6 Å². The lowest BCUT2D eigenvalue weighted by Gasteiger charge is -2.28. The molecule has 43 heavy (non-hydrogen) atoms. The summed E-state index contributed by atoms with van der Waals surface area (Å²) in [5.74, 6) is 1.08. The van der Waals surface area contributed by atoms with Gasteiger partial charge in [0.1, 0.15) is 0 Å². The average Bonchev–Trinajstić information content (AvgIpc) is 3.20. The zero-order chi connectivity index (χ0) is 31.9. The lowest BCUT2D eigenvalue weighted by molar-refractivity contribution is 0.509. The third-order valence-electron chi connectivity index (χ3n) is 7.86. The van der Waals surface area contributed by atoms with E-state index in [1.165, 1.54) is 55.2 Å². The second-order valence-electron chi connectivity index (χ2n) is 10.5. The number of unbranched alkanes of at least 4 members (excludes halogenated alkanes) is 2. The van der Waals surface area contributed by atoms with E-state index in [2.05, 4.69) is 150 Å². The molecule has 1 heteroatoms. The van der Waals surface area contributed by atoms with Crippen LogP contribution >= 0.6 is 12.6 Å². The summed E-state index contributed by atoms with van der Waals surface area (Å²) < 4.78 is 0. The summed E-state index contributed by atoms with van der Waals surface area (Å²) in [6, 6.07) is 15.9. The first-order chi connectivity index (χ1) is 21.2. The highest BCUT2D eigenvalue weighted by Crippen LogP contribution is 2.44. The van der Waals surface area contributed by atoms with Crippen LogP contribution < -0.4 is 0 Å². The van der Waals surface area contributed by atoms with Gasteiger partial charge in [-0.3, -0.25) is 0 Å². The third-order valence-corrected chi connectivity index (χ3v) is 7.86. The van der Waals surface area contributed by atoms with Crippen LogP contribution in [0.1, 0.15) is 107 Å². The molecule has 2 aliphatic carbocycles. The average molecular weight is 595 g/mol. The minimum atomic E-state index is 0.515. The molecule has 0 saturated carbocycles. The normalized spacial score (nSPS) is 16.9. The lowest BCUT2D eigenvalue weighted by Crippen LogP contribution is -2.15. The Hall–Kier alpha value is -3.03. The van der Waals surface area contributed by atoms with E-state index in [4.69, 9.17) is 0 Å². The SMILES string of the molecule is C/C=C\c1ccccc1C/C=C/C=C/c1ccc2c(c1)C(CCCC)C1C=CC=CC1=C(CCCC)C2.C=C.CC.CS. The topological polar surface area (TPSA) is 0 Å². The summed E-state index contributed by atoms with van der Waals surface area (Å²) in [4.78, 5) is 0. The van der Waals surface area contributed by atoms with E-state index >= 15 is 0 Å². The quantitative estimate of drug-likeness (QED) is 0.149. The van der Waals surface area contributed by atoms with Crippen molar-refractivity contribution in [3.63, 3.8) is 0 Å². The third kappa shape index (κ3) is 11.9. The summed E-state index contributed by atoms with van der Waals surface area (Å²) >= 11 is 3.53. The molecule has 0 bridgehead atoms. The van der Waals surface area contributed by atoms with Gasteiger partial charge in [0.05, 0.1) is 0 Å². The second-order valence-corrected chi connectivity index (χ2v) is 10.5. The summed E-state index contributed by atoms with van der Waals surface area (Å²) in [6.07, 6.45) is 34.0. The van der Waals surface area contributed by atoms with Gasteiger partial charge in [-0.1, -0.05) is 156 Å². The molecule has 0 spiro atoms. The molecule has 4 rings (SSSR count). The van der Waals surface area contributed by atoms with Crippen molar-refractivity contribution in [1.29, 1.82) is 0 Å². The molecule has 2 aliphatic rings. The van der Waals surface area contributed by atoms with Crippen LogP contribution in [0.25, 0.3) is 12.2 Å². The molecular weight excluding hydrogens is 537 g/mol. The van der Waals surface area contributed by atoms with Crippen LogP contribution in [0.4, 0.5) is 0 Å². The highest BCUT2D eigenvalue weighted by Gasteiger charge is 2.30. The Morgan fingerprint density at radius 1 is 0.907 bits per heavy atom. The molecule has 2 aromatic carbocycles. The van der Waals surface area contributed by atoms with E-state index in [1.54, 1.807) is 28.5 Å². The number of thiol groups is 1. The Kier molecular flexibility index (Phi) is 20.7. The van der Waals surface area contributed by atoms with Crippen LogP contribution in [0.2, 0.25) is 0 Å². The molecule has 0 aliphatic heterocycles. The molecule has 0 N–H and O–H groups in total. The number of hydrogen-bond donors (Lipinski definition) is 1. The van der Waals surface area contributed by atoms with Crippen molar-refractivity contribution in [2.24, 2.45) is 5.92 Å². The van der Waals surface area contributed by atoms with Gasteiger partial charge in [0, 0.05) is 5.92 Å².